The van der Waals surface area contributed by atoms with Gasteiger partial charge >= 0.3 is 12.1 Å². The van der Waals surface area contributed by atoms with Gasteiger partial charge in [0.25, 0.3) is 0 Å². The molecule has 0 amide bonds. The second kappa shape index (κ2) is 4.89. The Labute approximate surface area is 101 Å². The van der Waals surface area contributed by atoms with Crippen molar-refractivity contribution in [2.45, 2.75) is 33.2 Å². The van der Waals surface area contributed by atoms with Crippen molar-refractivity contribution in [3.8, 4) is 0 Å². The molecule has 0 bridgehead atoms. The van der Waals surface area contributed by atoms with E-state index >= 15 is 0 Å². The monoisotopic (exact) mass is 242 g/mol. The molecule has 0 aliphatic carbocycles. The van der Waals surface area contributed by atoms with E-state index in [1.807, 2.05) is 20.8 Å². The lowest BCUT2D eigenvalue weighted by Gasteiger charge is -2.42. The lowest BCUT2D eigenvalue weighted by Crippen LogP contribution is -2.56. The van der Waals surface area contributed by atoms with Crippen molar-refractivity contribution in [1.29, 1.82) is 0 Å². The number of cyclic esters (lactones) is 2. The normalized spacial score (nSPS) is 17.7. The fraction of sp³-hybridized carbons (Fsp3) is 0.583. The smallest absolute Gasteiger partial charge is 0.360 e. The molecule has 1 rings (SSSR count). The van der Waals surface area contributed by atoms with Crippen molar-refractivity contribution in [2.75, 3.05) is 6.61 Å². The molecule has 5 nitrogen and oxygen atoms in total. The second-order valence-electron chi connectivity index (χ2n) is 4.38. The Kier molecular flexibility index (Phi) is 3.95. The molecule has 17 heavy (non-hydrogen) atoms. The van der Waals surface area contributed by atoms with Crippen LogP contribution in [0.1, 0.15) is 27.2 Å². The molecule has 0 N–H and O–H groups in total. The number of carbonyl (C=O) groups excluding carboxylic acids is 1. The van der Waals surface area contributed by atoms with Gasteiger partial charge in [-0.3, -0.25) is 0 Å². The molecule has 1 aliphatic rings. The summed E-state index contributed by atoms with van der Waals surface area (Å²) in [5.74, 6) is -1.63. The molecule has 0 aromatic carbocycles. The van der Waals surface area contributed by atoms with Crippen LogP contribution in [0.3, 0.4) is 0 Å². The average molecular weight is 242 g/mol. The molecule has 0 aromatic rings. The van der Waals surface area contributed by atoms with Crippen molar-refractivity contribution in [3.05, 3.63) is 24.8 Å². The Balaban J connectivity index is 2.75. The summed E-state index contributed by atoms with van der Waals surface area (Å²) in [7, 11) is 0. The first kappa shape index (κ1) is 13.7. The highest BCUT2D eigenvalue weighted by atomic mass is 17.3. The first-order valence-corrected chi connectivity index (χ1v) is 5.41. The molecule has 0 saturated carbocycles. The van der Waals surface area contributed by atoms with Crippen LogP contribution in [0, 0.1) is 5.41 Å². The Morgan fingerprint density at radius 3 is 2.53 bits per heavy atom. The largest absolute Gasteiger partial charge is 0.519 e. The molecule has 1 aliphatic heterocycles. The molecule has 0 aromatic heterocycles. The number of carbonyl (C=O) groups is 1. The molecule has 1 fully saturated rings. The molecular weight excluding hydrogens is 224 g/mol. The highest BCUT2D eigenvalue weighted by molar-refractivity contribution is 5.66. The Hall–Kier alpha value is -1.33. The maximum atomic E-state index is 10.8. The third-order valence-corrected chi connectivity index (χ3v) is 2.86. The van der Waals surface area contributed by atoms with Gasteiger partial charge in [-0.2, -0.15) is 0 Å². The van der Waals surface area contributed by atoms with Crippen molar-refractivity contribution in [2.24, 2.45) is 5.41 Å². The van der Waals surface area contributed by atoms with Crippen LogP contribution in [-0.2, 0) is 19.2 Å². The lowest BCUT2D eigenvalue weighted by atomic mass is 9.81. The first-order valence-electron chi connectivity index (χ1n) is 5.41. The van der Waals surface area contributed by atoms with Crippen molar-refractivity contribution < 1.29 is 24.0 Å². The Bertz CT molecular complexity index is 324. The fourth-order valence-corrected chi connectivity index (χ4v) is 1.22. The second-order valence-corrected chi connectivity index (χ2v) is 4.38. The zero-order chi connectivity index (χ0) is 13.1. The first-order chi connectivity index (χ1) is 7.88. The summed E-state index contributed by atoms with van der Waals surface area (Å²) in [5, 5.41) is 0. The van der Waals surface area contributed by atoms with E-state index in [2.05, 4.69) is 13.2 Å². The highest BCUT2D eigenvalue weighted by Gasteiger charge is 2.58. The summed E-state index contributed by atoms with van der Waals surface area (Å²) >= 11 is 0. The van der Waals surface area contributed by atoms with Gasteiger partial charge in [-0.25, -0.2) is 9.68 Å². The van der Waals surface area contributed by atoms with Gasteiger partial charge in [-0.05, 0) is 11.8 Å². The van der Waals surface area contributed by atoms with Crippen molar-refractivity contribution in [3.63, 3.8) is 0 Å². The molecular formula is C12H18O5. The van der Waals surface area contributed by atoms with E-state index in [0.29, 0.717) is 5.57 Å². The summed E-state index contributed by atoms with van der Waals surface area (Å²) in [6.07, 6.45) is 1.49. The number of hydrogen-bond acceptors (Lipinski definition) is 5. The SMILES string of the molecule is C=CCOOC1(C(=C)C(C)(C)CC)OC(=O)O1. The molecule has 0 unspecified atom stereocenters. The Morgan fingerprint density at radius 1 is 1.53 bits per heavy atom. The minimum absolute atomic E-state index is 0.155. The predicted octanol–water partition coefficient (Wildman–Crippen LogP) is 2.93. The van der Waals surface area contributed by atoms with E-state index in [1.165, 1.54) is 6.08 Å². The van der Waals surface area contributed by atoms with E-state index in [-0.39, 0.29) is 12.0 Å². The maximum absolute atomic E-state index is 10.8. The standard InChI is InChI=1S/C12H18O5/c1-6-8-14-17-12(15-10(13)16-12)9(3)11(4,5)7-2/h6H,1,3,7-8H2,2,4-5H3. The summed E-state index contributed by atoms with van der Waals surface area (Å²) in [4.78, 5) is 20.6. The summed E-state index contributed by atoms with van der Waals surface area (Å²) < 4.78 is 9.76. The van der Waals surface area contributed by atoms with E-state index in [9.17, 15) is 4.79 Å². The van der Waals surface area contributed by atoms with Gasteiger partial charge in [-0.1, -0.05) is 33.4 Å². The number of ether oxygens (including phenoxy) is 2. The number of hydrogen-bond donors (Lipinski definition) is 0. The fourth-order valence-electron chi connectivity index (χ4n) is 1.22. The highest BCUT2D eigenvalue weighted by Crippen LogP contribution is 2.44. The van der Waals surface area contributed by atoms with E-state index in [0.717, 1.165) is 6.42 Å². The van der Waals surface area contributed by atoms with Crippen LogP contribution in [0.25, 0.3) is 0 Å². The number of rotatable bonds is 7. The van der Waals surface area contributed by atoms with Gasteiger partial charge in [-0.15, -0.1) is 11.5 Å². The van der Waals surface area contributed by atoms with Crippen LogP contribution in [0.4, 0.5) is 4.79 Å². The molecule has 1 saturated heterocycles. The van der Waals surface area contributed by atoms with Gasteiger partial charge < -0.3 is 9.47 Å². The van der Waals surface area contributed by atoms with Crippen LogP contribution < -0.4 is 0 Å². The zero-order valence-electron chi connectivity index (χ0n) is 10.4. The van der Waals surface area contributed by atoms with E-state index < -0.39 is 12.1 Å². The summed E-state index contributed by atoms with van der Waals surface area (Å²) in [5.41, 5.74) is 0.189. The van der Waals surface area contributed by atoms with Gasteiger partial charge in [0, 0.05) is 5.57 Å². The van der Waals surface area contributed by atoms with Crippen molar-refractivity contribution >= 4 is 6.16 Å². The predicted molar refractivity (Wildman–Crippen MR) is 60.7 cm³/mol. The summed E-state index contributed by atoms with van der Waals surface area (Å²) in [6, 6.07) is 0. The van der Waals surface area contributed by atoms with Gasteiger partial charge in [0.1, 0.15) is 6.61 Å². The molecule has 0 radical (unpaired) electrons. The van der Waals surface area contributed by atoms with Gasteiger partial charge in [0.2, 0.25) is 0 Å². The maximum Gasteiger partial charge on any atom is 0.519 e. The van der Waals surface area contributed by atoms with E-state index in [4.69, 9.17) is 19.2 Å². The van der Waals surface area contributed by atoms with Crippen LogP contribution in [0.5, 0.6) is 0 Å². The molecule has 1 heterocycles. The third kappa shape index (κ3) is 2.68. The zero-order valence-corrected chi connectivity index (χ0v) is 10.4. The van der Waals surface area contributed by atoms with Crippen LogP contribution in [0.2, 0.25) is 0 Å². The van der Waals surface area contributed by atoms with Gasteiger partial charge in [0.15, 0.2) is 0 Å². The third-order valence-electron chi connectivity index (χ3n) is 2.86. The topological polar surface area (TPSA) is 54.0 Å². The van der Waals surface area contributed by atoms with Crippen LogP contribution in [0.15, 0.2) is 24.8 Å². The molecule has 0 atom stereocenters. The Morgan fingerprint density at radius 2 is 2.12 bits per heavy atom. The molecule has 5 heteroatoms. The van der Waals surface area contributed by atoms with E-state index in [1.54, 1.807) is 0 Å². The minimum Gasteiger partial charge on any atom is -0.360 e. The van der Waals surface area contributed by atoms with Crippen LogP contribution in [-0.4, -0.2) is 18.7 Å². The summed E-state index contributed by atoms with van der Waals surface area (Å²) in [6.45, 7) is 13.4. The minimum atomic E-state index is -1.63. The average Bonchev–Trinajstić information content (AvgIpc) is 2.25. The lowest BCUT2D eigenvalue weighted by molar-refractivity contribution is -0.505. The quantitative estimate of drug-likeness (QED) is 0.226. The van der Waals surface area contributed by atoms with Crippen LogP contribution >= 0.6 is 0 Å². The molecule has 0 spiro atoms. The molecule has 96 valence electrons. The van der Waals surface area contributed by atoms with Crippen molar-refractivity contribution in [1.82, 2.24) is 0 Å². The van der Waals surface area contributed by atoms with Gasteiger partial charge in [0.05, 0.1) is 0 Å².